The Morgan fingerprint density at radius 3 is 2.34 bits per heavy atom. The molecule has 2 bridgehead atoms. The van der Waals surface area contributed by atoms with Gasteiger partial charge in [-0.05, 0) is 138 Å². The number of hydrogen-bond donors (Lipinski definition) is 2. The molecule has 3 amide bonds. The highest BCUT2D eigenvalue weighted by atomic mass is 32.1. The number of hydrogen-bond acceptors (Lipinski definition) is 18. The van der Waals surface area contributed by atoms with E-state index in [0.717, 1.165) is 109 Å². The molecule has 9 heterocycles. The SMILES string of the molecule is CCc1cccc2cc(OCOC)cc(-c3ncc4c(N5CC6CCC(C5)N6C(=O)OC(C)(C)C)nc(OCCC5CCN(CC6CN(c7cc([C@H](C(=O)N8C[C@H](O)C[C@H]8C(=O)N[C@@H](C)c8ccc(-c9scnc9C)cc8)C(C)C)on7)C6)CC5)nc4c3F)c12. The van der Waals surface area contributed by atoms with E-state index in [-0.39, 0.29) is 78.9 Å². The van der Waals surface area contributed by atoms with E-state index in [9.17, 15) is 19.5 Å². The summed E-state index contributed by atoms with van der Waals surface area (Å²) in [5.74, 6) is 1.03. The third kappa shape index (κ3) is 13.2. The number of rotatable bonds is 20. The lowest BCUT2D eigenvalue weighted by Crippen LogP contribution is -2.57. The fourth-order valence-corrected chi connectivity index (χ4v) is 14.9. The number of piperazine rings is 1. The molecule has 0 saturated carbocycles. The molecule has 22 heteroatoms. The van der Waals surface area contributed by atoms with Gasteiger partial charge in [0.2, 0.25) is 11.8 Å². The molecule has 2 unspecified atom stereocenters. The molecule has 20 nitrogen and oxygen atoms in total. The summed E-state index contributed by atoms with van der Waals surface area (Å²) in [6.45, 7) is 21.4. The molecule has 7 aromatic rings. The average Bonchev–Trinajstić information content (AvgIpc) is 1.06. The van der Waals surface area contributed by atoms with Crippen LogP contribution in [0.4, 0.5) is 20.8 Å². The van der Waals surface area contributed by atoms with Crippen LogP contribution >= 0.6 is 11.3 Å². The number of anilines is 2. The number of β-amino-alcohol motifs (C(OH)–C–C–N with tert-alkyl or cyclic N) is 1. The monoisotopic (exact) mass is 1250 g/mol. The quantitative estimate of drug-likeness (QED) is 0.0679. The van der Waals surface area contributed by atoms with Gasteiger partial charge < -0.3 is 53.5 Å². The number of nitrogens with zero attached hydrogens (tertiary/aromatic N) is 10. The Kier molecular flexibility index (Phi) is 18.4. The lowest BCUT2D eigenvalue weighted by molar-refractivity contribution is -0.141. The lowest BCUT2D eigenvalue weighted by atomic mass is 9.91. The maximum Gasteiger partial charge on any atom is 0.410 e. The Labute approximate surface area is 529 Å². The molecule has 5 saturated heterocycles. The number of piperidine rings is 1. The summed E-state index contributed by atoms with van der Waals surface area (Å²) in [4.78, 5) is 72.3. The number of fused-ring (bicyclic) bond motifs is 4. The highest BCUT2D eigenvalue weighted by Gasteiger charge is 2.47. The first-order chi connectivity index (χ1) is 43.3. The molecule has 90 heavy (non-hydrogen) atoms. The van der Waals surface area contributed by atoms with Crippen LogP contribution in [0.5, 0.6) is 11.8 Å². The standard InChI is InChI=1S/C68H84FN11O9S/c1-10-44-12-11-13-47-26-51(87-38-85-9)28-52(58(44)47)60-59(69)61-53(30-70-60)63(78-34-48-18-19-49(35-78)80(48)67(84)88-68(6,7)8)74-66(73-61)86-25-22-42-20-23-76(24-21-42)31-43-32-77(33-43)56-29-55(89-75-56)57(39(2)3)65(83)79-36-50(81)27-54(79)64(82)72-40(4)45-14-16-46(17-15-45)62-41(5)71-37-90-62/h11-17,26,28-30,37,39-40,42-43,48-50,54,57,81H,10,18-25,27,31-36,38H2,1-9H3,(H,72,82)/t40-,48?,49?,50+,54-,57+/m0/s1. The van der Waals surface area contributed by atoms with Crippen LogP contribution in [-0.2, 0) is 25.5 Å². The molecule has 0 aliphatic carbocycles. The third-order valence-corrected chi connectivity index (χ3v) is 19.7. The lowest BCUT2D eigenvalue weighted by Gasteiger charge is -2.43. The molecule has 5 aliphatic heterocycles. The predicted octanol–water partition coefficient (Wildman–Crippen LogP) is 10.7. The molecule has 4 aromatic heterocycles. The van der Waals surface area contributed by atoms with E-state index in [1.165, 1.54) is 4.90 Å². The van der Waals surface area contributed by atoms with Crippen molar-refractivity contribution in [3.05, 3.63) is 101 Å². The van der Waals surface area contributed by atoms with Crippen molar-refractivity contribution in [2.75, 3.05) is 82.7 Å². The van der Waals surface area contributed by atoms with Gasteiger partial charge in [-0.3, -0.25) is 19.5 Å². The van der Waals surface area contributed by atoms with Gasteiger partial charge in [0, 0.05) is 76.5 Å². The number of ether oxygens (including phenoxy) is 4. The number of pyridine rings is 1. The third-order valence-electron chi connectivity index (χ3n) is 18.7. The number of carbonyl (C=O) groups excluding carboxylic acids is 3. The normalized spacial score (nSPS) is 20.7. The molecule has 478 valence electrons. The Hall–Kier alpha value is -7.53. The van der Waals surface area contributed by atoms with Crippen molar-refractivity contribution in [3.63, 3.8) is 0 Å². The number of halogens is 1. The van der Waals surface area contributed by atoms with Crippen LogP contribution in [0, 0.1) is 30.5 Å². The number of aliphatic hydroxyl groups excluding tert-OH is 1. The molecule has 12 rings (SSSR count). The molecule has 0 radical (unpaired) electrons. The summed E-state index contributed by atoms with van der Waals surface area (Å²) in [6.07, 6.45) is 5.82. The molecule has 5 aliphatic rings. The second kappa shape index (κ2) is 26.4. The number of carbonyl (C=O) groups is 3. The highest BCUT2D eigenvalue weighted by Crippen LogP contribution is 2.42. The van der Waals surface area contributed by atoms with Crippen LogP contribution in [-0.4, -0.2) is 166 Å². The Morgan fingerprint density at radius 1 is 0.900 bits per heavy atom. The molecule has 2 N–H and O–H groups in total. The van der Waals surface area contributed by atoms with E-state index < -0.39 is 29.5 Å². The fourth-order valence-electron chi connectivity index (χ4n) is 14.1. The van der Waals surface area contributed by atoms with E-state index in [4.69, 9.17) is 38.4 Å². The molecular weight excluding hydrogens is 1170 g/mol. The summed E-state index contributed by atoms with van der Waals surface area (Å²) in [6, 6.07) is 18.4. The summed E-state index contributed by atoms with van der Waals surface area (Å²) >= 11 is 1.59. The van der Waals surface area contributed by atoms with Crippen LogP contribution in [0.3, 0.4) is 0 Å². The number of nitrogens with one attached hydrogen (secondary N) is 1. The fraction of sp³-hybridized carbons (Fsp3) is 0.529. The van der Waals surface area contributed by atoms with E-state index in [2.05, 4.69) is 37.1 Å². The number of thiazole rings is 1. The topological polar surface area (TPSA) is 214 Å². The zero-order valence-electron chi connectivity index (χ0n) is 53.1. The first-order valence-electron chi connectivity index (χ1n) is 32.0. The van der Waals surface area contributed by atoms with Crippen LogP contribution < -0.4 is 24.6 Å². The van der Waals surface area contributed by atoms with Gasteiger partial charge in [0.25, 0.3) is 0 Å². The first kappa shape index (κ1) is 62.7. The smallest absolute Gasteiger partial charge is 0.410 e. The van der Waals surface area contributed by atoms with Gasteiger partial charge in [0.15, 0.2) is 24.2 Å². The zero-order valence-corrected chi connectivity index (χ0v) is 53.9. The molecule has 6 atom stereocenters. The second-order valence-electron chi connectivity index (χ2n) is 26.6. The number of methoxy groups -OCH3 is 1. The average molecular weight is 1250 g/mol. The van der Waals surface area contributed by atoms with Crippen molar-refractivity contribution >= 4 is 62.6 Å². The van der Waals surface area contributed by atoms with Crippen molar-refractivity contribution in [1.29, 1.82) is 0 Å². The minimum absolute atomic E-state index is 0.0266. The Bertz CT molecular complexity index is 3720. The van der Waals surface area contributed by atoms with Crippen molar-refractivity contribution in [2.45, 2.75) is 142 Å². The van der Waals surface area contributed by atoms with Crippen molar-refractivity contribution in [2.24, 2.45) is 17.8 Å². The molecule has 0 spiro atoms. The van der Waals surface area contributed by atoms with Crippen molar-refractivity contribution in [1.82, 2.24) is 45.1 Å². The number of aliphatic hydroxyl groups is 1. The van der Waals surface area contributed by atoms with Gasteiger partial charge in [0.05, 0.1) is 52.3 Å². The van der Waals surface area contributed by atoms with Crippen LogP contribution in [0.1, 0.15) is 122 Å². The molecule has 3 aromatic carbocycles. The maximum absolute atomic E-state index is 17.7. The van der Waals surface area contributed by atoms with Crippen LogP contribution in [0.25, 0.3) is 43.4 Å². The predicted molar refractivity (Wildman–Crippen MR) is 343 cm³/mol. The summed E-state index contributed by atoms with van der Waals surface area (Å²) < 4.78 is 47.1. The van der Waals surface area contributed by atoms with Crippen molar-refractivity contribution in [3.8, 4) is 33.5 Å². The van der Waals surface area contributed by atoms with E-state index in [1.807, 2.05) is 120 Å². The number of likely N-dealkylation sites (tertiary alicyclic amines) is 2. The van der Waals surface area contributed by atoms with Gasteiger partial charge in [-0.15, -0.1) is 11.3 Å². The number of benzene rings is 3. The van der Waals surface area contributed by atoms with E-state index >= 15 is 4.39 Å². The highest BCUT2D eigenvalue weighted by molar-refractivity contribution is 7.13. The van der Waals surface area contributed by atoms with Gasteiger partial charge in [-0.2, -0.15) is 9.97 Å². The van der Waals surface area contributed by atoms with E-state index in [1.54, 1.807) is 24.6 Å². The summed E-state index contributed by atoms with van der Waals surface area (Å²) in [7, 11) is 1.56. The second-order valence-corrected chi connectivity index (χ2v) is 27.4. The van der Waals surface area contributed by atoms with Gasteiger partial charge in [0.1, 0.15) is 40.3 Å². The van der Waals surface area contributed by atoms with Crippen LogP contribution in [0.2, 0.25) is 0 Å². The van der Waals surface area contributed by atoms with Gasteiger partial charge in [-0.1, -0.05) is 68.4 Å². The first-order valence-corrected chi connectivity index (χ1v) is 32.8. The van der Waals surface area contributed by atoms with Gasteiger partial charge >= 0.3 is 12.1 Å². The summed E-state index contributed by atoms with van der Waals surface area (Å²) in [5, 5.41) is 20.6. The number of aryl methyl sites for hydroxylation is 2. The van der Waals surface area contributed by atoms with Gasteiger partial charge in [-0.25, -0.2) is 14.2 Å². The molecular formula is C68H84FN11O9S. The minimum atomic E-state index is -0.829. The zero-order chi connectivity index (χ0) is 63.1. The Morgan fingerprint density at radius 2 is 1.66 bits per heavy atom. The Balaban J connectivity index is 0.666. The van der Waals surface area contributed by atoms with E-state index in [0.29, 0.717) is 65.6 Å². The minimum Gasteiger partial charge on any atom is -0.468 e. The van der Waals surface area contributed by atoms with Crippen LogP contribution in [0.15, 0.2) is 76.9 Å². The van der Waals surface area contributed by atoms with Crippen molar-refractivity contribution < 1.29 is 47.4 Å². The largest absolute Gasteiger partial charge is 0.468 e. The summed E-state index contributed by atoms with van der Waals surface area (Å²) in [5.41, 5.74) is 6.06. The number of amides is 3. The maximum atomic E-state index is 17.7. The number of aromatic nitrogens is 5. The molecule has 5 fully saturated rings.